The molecule has 0 heterocycles. The van der Waals surface area contributed by atoms with Crippen LogP contribution in [-0.4, -0.2) is 17.2 Å². The second kappa shape index (κ2) is 4.99. The largest absolute Gasteiger partial charge is 0.466 e. The Morgan fingerprint density at radius 2 is 2.22 bits per heavy atom. The van der Waals surface area contributed by atoms with Gasteiger partial charge in [0.1, 0.15) is 0 Å². The van der Waals surface area contributed by atoms with E-state index < -0.39 is 0 Å². The van der Waals surface area contributed by atoms with Crippen LogP contribution in [0.5, 0.6) is 0 Å². The Morgan fingerprint density at radius 1 is 1.67 bits per heavy atom. The standard InChI is InChI=1S/C5H10O2S2/c1-2-7-4(6)3-5(8)9/h5,8-9H,2-3H2,1H3. The number of carbonyl (C=O) groups excluding carboxylic acids is 1. The molecule has 0 aliphatic heterocycles. The van der Waals surface area contributed by atoms with Gasteiger partial charge in [-0.15, -0.1) is 0 Å². The fourth-order valence-corrected chi connectivity index (χ4v) is 0.667. The number of rotatable bonds is 3. The summed E-state index contributed by atoms with van der Waals surface area (Å²) in [5.41, 5.74) is 0. The maximum atomic E-state index is 10.5. The van der Waals surface area contributed by atoms with E-state index in [1.54, 1.807) is 6.92 Å². The molecule has 2 nitrogen and oxygen atoms in total. The van der Waals surface area contributed by atoms with Crippen LogP contribution in [0.2, 0.25) is 0 Å². The van der Waals surface area contributed by atoms with Gasteiger partial charge < -0.3 is 4.74 Å². The minimum absolute atomic E-state index is 0.205. The van der Waals surface area contributed by atoms with Gasteiger partial charge in [0.05, 0.1) is 17.6 Å². The van der Waals surface area contributed by atoms with E-state index >= 15 is 0 Å². The van der Waals surface area contributed by atoms with Crippen molar-refractivity contribution in [2.75, 3.05) is 6.61 Å². The van der Waals surface area contributed by atoms with Gasteiger partial charge in [0, 0.05) is 0 Å². The summed E-state index contributed by atoms with van der Waals surface area (Å²) in [6.07, 6.45) is 0.264. The van der Waals surface area contributed by atoms with Crippen LogP contribution in [0.25, 0.3) is 0 Å². The topological polar surface area (TPSA) is 26.3 Å². The normalized spacial score (nSPS) is 9.78. The molecule has 0 aromatic carbocycles. The van der Waals surface area contributed by atoms with Crippen molar-refractivity contribution in [3.05, 3.63) is 0 Å². The molecular formula is C5H10O2S2. The van der Waals surface area contributed by atoms with Crippen molar-refractivity contribution in [2.24, 2.45) is 0 Å². The molecule has 4 heteroatoms. The van der Waals surface area contributed by atoms with E-state index in [4.69, 9.17) is 0 Å². The lowest BCUT2D eigenvalue weighted by Gasteiger charge is -2.01. The highest BCUT2D eigenvalue weighted by Gasteiger charge is 2.04. The molecule has 0 aliphatic rings. The predicted octanol–water partition coefficient (Wildman–Crippen LogP) is 1.13. The third kappa shape index (κ3) is 6.05. The molecule has 54 valence electrons. The molecule has 0 aromatic heterocycles. The van der Waals surface area contributed by atoms with Crippen LogP contribution in [0.15, 0.2) is 0 Å². The number of ether oxygens (including phenoxy) is 1. The van der Waals surface area contributed by atoms with Gasteiger partial charge in [-0.2, -0.15) is 25.3 Å². The molecule has 0 spiro atoms. The van der Waals surface area contributed by atoms with Crippen molar-refractivity contribution >= 4 is 31.2 Å². The van der Waals surface area contributed by atoms with E-state index in [1.807, 2.05) is 0 Å². The van der Waals surface area contributed by atoms with Crippen molar-refractivity contribution in [1.29, 1.82) is 0 Å². The highest BCUT2D eigenvalue weighted by Crippen LogP contribution is 2.05. The van der Waals surface area contributed by atoms with Gasteiger partial charge >= 0.3 is 5.97 Å². The minimum Gasteiger partial charge on any atom is -0.466 e. The van der Waals surface area contributed by atoms with E-state index in [2.05, 4.69) is 30.0 Å². The molecule has 0 bridgehead atoms. The van der Waals surface area contributed by atoms with Gasteiger partial charge in [0.25, 0.3) is 0 Å². The second-order valence-corrected chi connectivity index (χ2v) is 3.14. The number of carbonyl (C=O) groups is 1. The third-order valence-corrected chi connectivity index (χ3v) is 1.02. The monoisotopic (exact) mass is 166 g/mol. The van der Waals surface area contributed by atoms with E-state index in [9.17, 15) is 4.79 Å². The average molecular weight is 166 g/mol. The number of hydrogen-bond donors (Lipinski definition) is 2. The van der Waals surface area contributed by atoms with Crippen LogP contribution in [0.3, 0.4) is 0 Å². The van der Waals surface area contributed by atoms with Crippen molar-refractivity contribution in [2.45, 2.75) is 17.9 Å². The molecule has 0 amide bonds. The first kappa shape index (κ1) is 9.17. The minimum atomic E-state index is -0.243. The zero-order valence-corrected chi connectivity index (χ0v) is 6.99. The molecular weight excluding hydrogens is 156 g/mol. The lowest BCUT2D eigenvalue weighted by Crippen LogP contribution is -2.07. The first-order valence-corrected chi connectivity index (χ1v) is 3.72. The Hall–Kier alpha value is 0.170. The summed E-state index contributed by atoms with van der Waals surface area (Å²) >= 11 is 7.79. The van der Waals surface area contributed by atoms with Crippen LogP contribution < -0.4 is 0 Å². The Balaban J connectivity index is 3.27. The SMILES string of the molecule is CCOC(=O)CC(S)S. The van der Waals surface area contributed by atoms with Crippen LogP contribution in [0.4, 0.5) is 0 Å². The van der Waals surface area contributed by atoms with Crippen LogP contribution >= 0.6 is 25.3 Å². The first-order chi connectivity index (χ1) is 4.16. The van der Waals surface area contributed by atoms with Gasteiger partial charge in [0.2, 0.25) is 0 Å². The summed E-state index contributed by atoms with van der Waals surface area (Å²) in [6.45, 7) is 2.19. The van der Waals surface area contributed by atoms with Gasteiger partial charge in [-0.25, -0.2) is 0 Å². The van der Waals surface area contributed by atoms with E-state index in [0.29, 0.717) is 6.61 Å². The molecule has 0 aliphatic carbocycles. The van der Waals surface area contributed by atoms with Crippen molar-refractivity contribution in [1.82, 2.24) is 0 Å². The maximum absolute atomic E-state index is 10.5. The van der Waals surface area contributed by atoms with Crippen LogP contribution in [0, 0.1) is 0 Å². The van der Waals surface area contributed by atoms with E-state index in [0.717, 1.165) is 0 Å². The molecule has 9 heavy (non-hydrogen) atoms. The summed E-state index contributed by atoms with van der Waals surface area (Å²) in [5, 5.41) is 0. The number of thiol groups is 2. The summed E-state index contributed by atoms with van der Waals surface area (Å²) in [6, 6.07) is 0. The van der Waals surface area contributed by atoms with Gasteiger partial charge in [-0.3, -0.25) is 4.79 Å². The molecule has 0 atom stereocenters. The average Bonchev–Trinajstić information content (AvgIpc) is 1.63. The molecule has 0 radical (unpaired) electrons. The quantitative estimate of drug-likeness (QED) is 0.373. The highest BCUT2D eigenvalue weighted by atomic mass is 32.2. The Morgan fingerprint density at radius 3 is 2.56 bits per heavy atom. The molecule has 0 unspecified atom stereocenters. The summed E-state index contributed by atoms with van der Waals surface area (Å²) < 4.78 is 4.41. The summed E-state index contributed by atoms with van der Waals surface area (Å²) in [4.78, 5) is 10.5. The van der Waals surface area contributed by atoms with Crippen molar-refractivity contribution in [3.8, 4) is 0 Å². The predicted molar refractivity (Wildman–Crippen MR) is 43.0 cm³/mol. The lowest BCUT2D eigenvalue weighted by atomic mass is 10.5. The molecule has 0 saturated carbocycles. The molecule has 0 N–H and O–H groups in total. The maximum Gasteiger partial charge on any atom is 0.307 e. The molecule has 0 saturated heterocycles. The third-order valence-electron chi connectivity index (χ3n) is 0.655. The molecule has 0 aromatic rings. The fraction of sp³-hybridized carbons (Fsp3) is 0.800. The summed E-state index contributed by atoms with van der Waals surface area (Å²) in [5.74, 6) is -0.243. The fourth-order valence-electron chi connectivity index (χ4n) is 0.369. The summed E-state index contributed by atoms with van der Waals surface area (Å²) in [7, 11) is 0. The van der Waals surface area contributed by atoms with Crippen molar-refractivity contribution in [3.63, 3.8) is 0 Å². The Bertz CT molecular complexity index is 93.0. The molecule has 0 fully saturated rings. The Labute approximate surface area is 65.8 Å². The zero-order chi connectivity index (χ0) is 7.28. The Kier molecular flexibility index (Phi) is 5.09. The highest BCUT2D eigenvalue weighted by molar-refractivity contribution is 7.99. The zero-order valence-electron chi connectivity index (χ0n) is 5.20. The van der Waals surface area contributed by atoms with Gasteiger partial charge in [-0.1, -0.05) is 0 Å². The van der Waals surface area contributed by atoms with E-state index in [1.165, 1.54) is 0 Å². The van der Waals surface area contributed by atoms with Gasteiger partial charge in [0.15, 0.2) is 0 Å². The van der Waals surface area contributed by atoms with Gasteiger partial charge in [-0.05, 0) is 6.92 Å². The lowest BCUT2D eigenvalue weighted by molar-refractivity contribution is -0.142. The number of hydrogen-bond acceptors (Lipinski definition) is 4. The van der Waals surface area contributed by atoms with Crippen LogP contribution in [0.1, 0.15) is 13.3 Å². The smallest absolute Gasteiger partial charge is 0.307 e. The second-order valence-electron chi connectivity index (χ2n) is 1.49. The first-order valence-electron chi connectivity index (χ1n) is 2.68. The van der Waals surface area contributed by atoms with E-state index in [-0.39, 0.29) is 17.0 Å². The molecule has 0 rings (SSSR count). The van der Waals surface area contributed by atoms with Crippen LogP contribution in [-0.2, 0) is 9.53 Å². The number of esters is 1. The van der Waals surface area contributed by atoms with Crippen molar-refractivity contribution < 1.29 is 9.53 Å².